The number of nitrogen functional groups attached to an aromatic ring is 1. The largest absolute Gasteiger partial charge is 0.399 e. The third-order valence-corrected chi connectivity index (χ3v) is 4.93. The summed E-state index contributed by atoms with van der Waals surface area (Å²) in [6.45, 7) is 6.80. The predicted molar refractivity (Wildman–Crippen MR) is 80.2 cm³/mol. The maximum atomic E-state index is 12.3. The Balaban J connectivity index is 2.77. The maximum absolute atomic E-state index is 12.3. The van der Waals surface area contributed by atoms with Crippen LogP contribution in [0.4, 0.5) is 5.69 Å². The topological polar surface area (TPSA) is 63.4 Å². The number of sulfonamides is 1. The maximum Gasteiger partial charge on any atom is 0.214 e. The molecule has 0 heterocycles. The minimum absolute atomic E-state index is 0.209. The van der Waals surface area contributed by atoms with Gasteiger partial charge in [-0.25, -0.2) is 8.42 Å². The van der Waals surface area contributed by atoms with Crippen molar-refractivity contribution in [3.05, 3.63) is 29.8 Å². The summed E-state index contributed by atoms with van der Waals surface area (Å²) in [4.78, 5) is 0. The van der Waals surface area contributed by atoms with Crippen molar-refractivity contribution in [1.82, 2.24) is 4.31 Å². The van der Waals surface area contributed by atoms with Crippen molar-refractivity contribution in [3.63, 3.8) is 0 Å². The lowest BCUT2D eigenvalue weighted by Gasteiger charge is -2.21. The number of hydrogen-bond donors (Lipinski definition) is 1. The summed E-state index contributed by atoms with van der Waals surface area (Å²) >= 11 is 0. The fraction of sp³-hybridized carbons (Fsp3) is 0.571. The Kier molecular flexibility index (Phi) is 5.82. The highest BCUT2D eigenvalue weighted by molar-refractivity contribution is 7.89. The van der Waals surface area contributed by atoms with Crippen LogP contribution in [0.5, 0.6) is 0 Å². The first-order valence-corrected chi connectivity index (χ1v) is 8.28. The molecule has 0 saturated heterocycles. The summed E-state index contributed by atoms with van der Waals surface area (Å²) in [5, 5.41) is 0. The molecule has 0 fully saturated rings. The third kappa shape index (κ3) is 5.20. The molecule has 2 N–H and O–H groups in total. The SMILES string of the molecule is CCN(Cc1cccc(N)c1)S(=O)(=O)CCC(C)C. The summed E-state index contributed by atoms with van der Waals surface area (Å²) < 4.78 is 26.0. The second-order valence-electron chi connectivity index (χ2n) is 5.17. The molecule has 0 bridgehead atoms. The number of nitrogens with two attached hydrogens (primary N) is 1. The van der Waals surface area contributed by atoms with Gasteiger partial charge in [0.15, 0.2) is 0 Å². The van der Waals surface area contributed by atoms with E-state index in [1.54, 1.807) is 6.07 Å². The number of rotatable bonds is 7. The van der Waals surface area contributed by atoms with E-state index in [0.717, 1.165) is 5.56 Å². The normalized spacial score (nSPS) is 12.3. The molecule has 5 heteroatoms. The highest BCUT2D eigenvalue weighted by atomic mass is 32.2. The highest BCUT2D eigenvalue weighted by Gasteiger charge is 2.20. The van der Waals surface area contributed by atoms with Crippen LogP contribution in [0.3, 0.4) is 0 Å². The molecule has 19 heavy (non-hydrogen) atoms. The Labute approximate surface area is 116 Å². The van der Waals surface area contributed by atoms with Crippen LogP contribution in [0, 0.1) is 5.92 Å². The third-order valence-electron chi connectivity index (χ3n) is 3.01. The van der Waals surface area contributed by atoms with E-state index in [-0.39, 0.29) is 5.75 Å². The lowest BCUT2D eigenvalue weighted by molar-refractivity contribution is 0.419. The van der Waals surface area contributed by atoms with Crippen molar-refractivity contribution in [2.45, 2.75) is 33.7 Å². The van der Waals surface area contributed by atoms with Gasteiger partial charge in [-0.15, -0.1) is 0 Å². The van der Waals surface area contributed by atoms with E-state index in [2.05, 4.69) is 0 Å². The molecule has 0 spiro atoms. The van der Waals surface area contributed by atoms with Gasteiger partial charge in [-0.1, -0.05) is 32.9 Å². The Morgan fingerprint density at radius 2 is 2.00 bits per heavy atom. The van der Waals surface area contributed by atoms with Crippen LogP contribution in [-0.2, 0) is 16.6 Å². The van der Waals surface area contributed by atoms with Crippen LogP contribution in [0.15, 0.2) is 24.3 Å². The lowest BCUT2D eigenvalue weighted by atomic mass is 10.2. The van der Waals surface area contributed by atoms with Crippen molar-refractivity contribution < 1.29 is 8.42 Å². The predicted octanol–water partition coefficient (Wildman–Crippen LogP) is 2.47. The van der Waals surface area contributed by atoms with Crippen LogP contribution >= 0.6 is 0 Å². The molecule has 1 aromatic rings. The summed E-state index contributed by atoms with van der Waals surface area (Å²) in [6, 6.07) is 7.36. The molecular weight excluding hydrogens is 260 g/mol. The van der Waals surface area contributed by atoms with Crippen LogP contribution < -0.4 is 5.73 Å². The number of nitrogens with zero attached hydrogens (tertiary/aromatic N) is 1. The Morgan fingerprint density at radius 3 is 2.53 bits per heavy atom. The fourth-order valence-electron chi connectivity index (χ4n) is 1.82. The standard InChI is InChI=1S/C14H24N2O2S/c1-4-16(19(17,18)9-8-12(2)3)11-13-6-5-7-14(15)10-13/h5-7,10,12H,4,8-9,11,15H2,1-3H3. The number of benzene rings is 1. The fourth-order valence-corrected chi connectivity index (χ4v) is 3.58. The molecule has 1 aromatic carbocycles. The Hall–Kier alpha value is -1.07. The molecule has 0 radical (unpaired) electrons. The van der Waals surface area contributed by atoms with Crippen molar-refractivity contribution in [2.75, 3.05) is 18.0 Å². The van der Waals surface area contributed by atoms with Crippen LogP contribution in [-0.4, -0.2) is 25.0 Å². The first-order chi connectivity index (χ1) is 8.85. The smallest absolute Gasteiger partial charge is 0.214 e. The second-order valence-corrected chi connectivity index (χ2v) is 7.26. The molecule has 1 rings (SSSR count). The van der Waals surface area contributed by atoms with Gasteiger partial charge in [-0.05, 0) is 30.0 Å². The van der Waals surface area contributed by atoms with E-state index in [9.17, 15) is 8.42 Å². The van der Waals surface area contributed by atoms with E-state index >= 15 is 0 Å². The average molecular weight is 284 g/mol. The highest BCUT2D eigenvalue weighted by Crippen LogP contribution is 2.14. The Bertz CT molecular complexity index is 498. The zero-order chi connectivity index (χ0) is 14.5. The summed E-state index contributed by atoms with van der Waals surface area (Å²) in [6.07, 6.45) is 0.690. The van der Waals surface area contributed by atoms with Crippen molar-refractivity contribution >= 4 is 15.7 Å². The van der Waals surface area contributed by atoms with E-state index in [4.69, 9.17) is 5.73 Å². The summed E-state index contributed by atoms with van der Waals surface area (Å²) in [5.74, 6) is 0.599. The van der Waals surface area contributed by atoms with E-state index in [1.165, 1.54) is 4.31 Å². The van der Waals surface area contributed by atoms with Gasteiger partial charge in [0.2, 0.25) is 10.0 Å². The molecule has 0 aliphatic heterocycles. The first-order valence-electron chi connectivity index (χ1n) is 6.67. The van der Waals surface area contributed by atoms with Crippen molar-refractivity contribution in [2.24, 2.45) is 5.92 Å². The van der Waals surface area contributed by atoms with Crippen LogP contribution in [0.1, 0.15) is 32.8 Å². The minimum atomic E-state index is -3.19. The van der Waals surface area contributed by atoms with Crippen molar-refractivity contribution in [3.8, 4) is 0 Å². The van der Waals surface area contributed by atoms with Gasteiger partial charge < -0.3 is 5.73 Å². The molecule has 0 amide bonds. The number of anilines is 1. The van der Waals surface area contributed by atoms with Gasteiger partial charge >= 0.3 is 0 Å². The zero-order valence-corrected chi connectivity index (χ0v) is 12.8. The minimum Gasteiger partial charge on any atom is -0.399 e. The Morgan fingerprint density at radius 1 is 1.32 bits per heavy atom. The van der Waals surface area contributed by atoms with E-state index in [0.29, 0.717) is 31.1 Å². The lowest BCUT2D eigenvalue weighted by Crippen LogP contribution is -2.32. The molecule has 0 saturated carbocycles. The molecule has 0 aromatic heterocycles. The van der Waals surface area contributed by atoms with Gasteiger partial charge in [0.05, 0.1) is 5.75 Å². The van der Waals surface area contributed by atoms with Gasteiger partial charge in [0.1, 0.15) is 0 Å². The molecule has 0 aliphatic rings. The van der Waals surface area contributed by atoms with Gasteiger partial charge in [0, 0.05) is 18.8 Å². The average Bonchev–Trinajstić information content (AvgIpc) is 2.33. The molecular formula is C14H24N2O2S. The molecule has 0 atom stereocenters. The summed E-state index contributed by atoms with van der Waals surface area (Å²) in [7, 11) is -3.19. The van der Waals surface area contributed by atoms with Crippen LogP contribution in [0.2, 0.25) is 0 Å². The molecule has 4 nitrogen and oxygen atoms in total. The van der Waals surface area contributed by atoms with Crippen LogP contribution in [0.25, 0.3) is 0 Å². The number of hydrogen-bond acceptors (Lipinski definition) is 3. The molecule has 0 aliphatic carbocycles. The molecule has 108 valence electrons. The van der Waals surface area contributed by atoms with E-state index < -0.39 is 10.0 Å². The monoisotopic (exact) mass is 284 g/mol. The quantitative estimate of drug-likeness (QED) is 0.782. The van der Waals surface area contributed by atoms with Crippen molar-refractivity contribution in [1.29, 1.82) is 0 Å². The molecule has 0 unspecified atom stereocenters. The van der Waals surface area contributed by atoms with Gasteiger partial charge in [-0.2, -0.15) is 4.31 Å². The summed E-state index contributed by atoms with van der Waals surface area (Å²) in [5.41, 5.74) is 7.30. The van der Waals surface area contributed by atoms with Gasteiger partial charge in [0.25, 0.3) is 0 Å². The second kappa shape index (κ2) is 6.91. The van der Waals surface area contributed by atoms with E-state index in [1.807, 2.05) is 39.0 Å². The zero-order valence-electron chi connectivity index (χ0n) is 12.0. The van der Waals surface area contributed by atoms with Gasteiger partial charge in [-0.3, -0.25) is 0 Å². The first kappa shape index (κ1) is 16.0.